The molecule has 0 amide bonds. The molecule has 376 valence electrons. The largest absolute Gasteiger partial charge is 0.396 e. The smallest absolute Gasteiger partial charge is 0.187 e. The molecule has 24 atom stereocenters. The maximum atomic E-state index is 13.1. The van der Waals surface area contributed by atoms with Gasteiger partial charge in [0.25, 0.3) is 0 Å². The number of allylic oxidation sites excluding steroid dienone is 2. The van der Waals surface area contributed by atoms with Gasteiger partial charge >= 0.3 is 0 Å². The Hall–Kier alpha value is -0.980. The zero-order valence-corrected chi connectivity index (χ0v) is 38.9. The van der Waals surface area contributed by atoms with Crippen LogP contribution in [0.1, 0.15) is 106 Å². The van der Waals surface area contributed by atoms with Gasteiger partial charge in [-0.2, -0.15) is 0 Å². The van der Waals surface area contributed by atoms with Crippen molar-refractivity contribution in [1.82, 2.24) is 0 Å². The van der Waals surface area contributed by atoms with E-state index in [1.54, 1.807) is 0 Å². The molecule has 7 aliphatic rings. The van der Waals surface area contributed by atoms with Crippen LogP contribution in [-0.2, 0) is 23.7 Å². The highest BCUT2D eigenvalue weighted by atomic mass is 16.8. The third-order valence-electron chi connectivity index (χ3n) is 18.7. The van der Waals surface area contributed by atoms with Crippen LogP contribution in [-0.4, -0.2) is 196 Å². The summed E-state index contributed by atoms with van der Waals surface area (Å²) in [5.74, 6) is -0.361. The third kappa shape index (κ3) is 8.41. The first kappa shape index (κ1) is 51.9. The van der Waals surface area contributed by atoms with E-state index in [-0.39, 0.29) is 47.5 Å². The highest BCUT2D eigenvalue weighted by Crippen LogP contribution is 2.76. The Morgan fingerprint density at radius 3 is 1.77 bits per heavy atom. The van der Waals surface area contributed by atoms with Crippen molar-refractivity contribution < 1.29 is 90.1 Å². The van der Waals surface area contributed by atoms with Gasteiger partial charge in [0.05, 0.1) is 31.5 Å². The van der Waals surface area contributed by atoms with Gasteiger partial charge in [0.15, 0.2) is 12.6 Å². The number of aliphatic hydroxyl groups excluding tert-OH is 12. The van der Waals surface area contributed by atoms with E-state index in [1.165, 1.54) is 0 Å². The maximum absolute atomic E-state index is 13.1. The molecule has 13 N–H and O–H groups in total. The van der Waals surface area contributed by atoms with E-state index in [9.17, 15) is 66.4 Å². The lowest BCUT2D eigenvalue weighted by molar-refractivity contribution is -0.379. The van der Waals surface area contributed by atoms with Gasteiger partial charge in [0.1, 0.15) is 79.4 Å². The number of ether oxygens (including phenoxy) is 5. The van der Waals surface area contributed by atoms with Gasteiger partial charge in [0, 0.05) is 12.0 Å². The van der Waals surface area contributed by atoms with Gasteiger partial charge in [-0.15, -0.1) is 0 Å². The summed E-state index contributed by atoms with van der Waals surface area (Å²) in [6.07, 6.45) is -15.3. The van der Waals surface area contributed by atoms with E-state index in [0.29, 0.717) is 25.7 Å². The van der Waals surface area contributed by atoms with Crippen molar-refractivity contribution in [3.63, 3.8) is 0 Å². The number of fused-ring (bicyclic) bond motifs is 5. The Morgan fingerprint density at radius 2 is 1.17 bits per heavy atom. The predicted octanol–water partition coefficient (Wildman–Crippen LogP) is -1.03. The maximum Gasteiger partial charge on any atom is 0.187 e. The Balaban J connectivity index is 1.14. The SMILES string of the molecule is CC(C)=CCCC(O)(C1CCC2(C)C1CCC1C3(CO)CCC(OC4OC(CO)C(O)C(O)C4OC4OC(CO)C(O)C(O)C4O)C(C)(C)C3CCC12C)C1OC(CO)C(O)C(O)C1O. The molecule has 24 unspecified atom stereocenters. The van der Waals surface area contributed by atoms with E-state index >= 15 is 0 Å². The standard InChI is InChI=1S/C47H80O18/c1-22(2)8-7-14-47(60,40-37(58)34(55)31(52)25(18-48)61-40)24-11-15-44(5)23(24)9-10-29-45(44,6)16-12-28-43(3,4)30(13-17-46(28,29)21-51)64-42-39(36(57)33(54)27(20-50)63-42)65-41-38(59)35(56)32(53)26(19-49)62-41/h8,23-42,48-60H,7,9-21H2,1-6H3. The second kappa shape index (κ2) is 19.3. The fourth-order valence-electron chi connectivity index (χ4n) is 15.0. The topological polar surface area (TPSA) is 309 Å². The summed E-state index contributed by atoms with van der Waals surface area (Å²) < 4.78 is 30.5. The van der Waals surface area contributed by atoms with E-state index in [0.717, 1.165) is 37.7 Å². The predicted molar refractivity (Wildman–Crippen MR) is 229 cm³/mol. The molecule has 7 rings (SSSR count). The van der Waals surface area contributed by atoms with Crippen molar-refractivity contribution in [2.45, 2.75) is 209 Å². The molecule has 7 fully saturated rings. The highest BCUT2D eigenvalue weighted by Gasteiger charge is 2.72. The first-order valence-electron chi connectivity index (χ1n) is 24.0. The second-order valence-corrected chi connectivity index (χ2v) is 22.2. The molecule has 0 aromatic carbocycles. The molecule has 65 heavy (non-hydrogen) atoms. The summed E-state index contributed by atoms with van der Waals surface area (Å²) >= 11 is 0. The molecule has 0 radical (unpaired) electrons. The van der Waals surface area contributed by atoms with Crippen LogP contribution < -0.4 is 0 Å². The number of hydrogen-bond acceptors (Lipinski definition) is 18. The van der Waals surface area contributed by atoms with Gasteiger partial charge in [-0.25, -0.2) is 0 Å². The minimum Gasteiger partial charge on any atom is -0.396 e. The average Bonchev–Trinajstić information content (AvgIpc) is 3.64. The van der Waals surface area contributed by atoms with E-state index in [4.69, 9.17) is 23.7 Å². The van der Waals surface area contributed by atoms with Crippen LogP contribution in [0.2, 0.25) is 0 Å². The molecule has 4 saturated carbocycles. The quantitative estimate of drug-likeness (QED) is 0.0776. The zero-order chi connectivity index (χ0) is 47.8. The number of rotatable bonds is 13. The van der Waals surface area contributed by atoms with Gasteiger partial charge < -0.3 is 90.1 Å². The zero-order valence-electron chi connectivity index (χ0n) is 38.9. The molecule has 0 aromatic heterocycles. The van der Waals surface area contributed by atoms with Gasteiger partial charge in [-0.1, -0.05) is 39.3 Å². The van der Waals surface area contributed by atoms with Crippen molar-refractivity contribution in [1.29, 1.82) is 0 Å². The summed E-state index contributed by atoms with van der Waals surface area (Å²) in [6, 6.07) is 0. The molecule has 0 aromatic rings. The minimum absolute atomic E-state index is 0.0156. The van der Waals surface area contributed by atoms with Crippen molar-refractivity contribution in [3.8, 4) is 0 Å². The molecule has 3 heterocycles. The first-order valence-corrected chi connectivity index (χ1v) is 24.0. The average molecular weight is 933 g/mol. The molecule has 3 aliphatic heterocycles. The summed E-state index contributed by atoms with van der Waals surface area (Å²) in [5.41, 5.74) is -2.32. The lowest BCUT2D eigenvalue weighted by Crippen LogP contribution is -2.69. The Morgan fingerprint density at radius 1 is 0.600 bits per heavy atom. The molecular weight excluding hydrogens is 852 g/mol. The van der Waals surface area contributed by atoms with E-state index in [2.05, 4.69) is 27.7 Å². The molecule has 18 nitrogen and oxygen atoms in total. The summed E-state index contributed by atoms with van der Waals surface area (Å²) in [6.45, 7) is 10.7. The molecule has 18 heteroatoms. The molecule has 4 aliphatic carbocycles. The molecule has 3 saturated heterocycles. The van der Waals surface area contributed by atoms with Crippen LogP contribution in [0.3, 0.4) is 0 Å². The lowest BCUT2D eigenvalue weighted by atomic mass is 9.35. The van der Waals surface area contributed by atoms with Gasteiger partial charge in [-0.05, 0) is 118 Å². The summed E-state index contributed by atoms with van der Waals surface area (Å²) in [7, 11) is 0. The fraction of sp³-hybridized carbons (Fsp3) is 0.957. The Kier molecular flexibility index (Phi) is 15.4. The molecule has 0 bridgehead atoms. The molecular formula is C47H80O18. The van der Waals surface area contributed by atoms with Gasteiger partial charge in [0.2, 0.25) is 0 Å². The van der Waals surface area contributed by atoms with Crippen molar-refractivity contribution in [3.05, 3.63) is 11.6 Å². The van der Waals surface area contributed by atoms with Crippen LogP contribution in [0.25, 0.3) is 0 Å². The van der Waals surface area contributed by atoms with Crippen molar-refractivity contribution in [2.75, 3.05) is 26.4 Å². The summed E-state index contributed by atoms with van der Waals surface area (Å²) in [5, 5.41) is 142. The Bertz CT molecular complexity index is 1640. The summed E-state index contributed by atoms with van der Waals surface area (Å²) in [4.78, 5) is 0. The third-order valence-corrected chi connectivity index (χ3v) is 18.7. The van der Waals surface area contributed by atoms with Crippen LogP contribution >= 0.6 is 0 Å². The van der Waals surface area contributed by atoms with Crippen LogP contribution in [0.5, 0.6) is 0 Å². The van der Waals surface area contributed by atoms with Crippen molar-refractivity contribution >= 4 is 0 Å². The van der Waals surface area contributed by atoms with Crippen molar-refractivity contribution in [2.24, 2.45) is 45.3 Å². The normalized spacial score (nSPS) is 51.9. The monoisotopic (exact) mass is 933 g/mol. The second-order valence-electron chi connectivity index (χ2n) is 22.2. The Labute approximate surface area is 382 Å². The minimum atomic E-state index is -1.81. The van der Waals surface area contributed by atoms with E-state index in [1.807, 2.05) is 19.9 Å². The highest BCUT2D eigenvalue weighted by molar-refractivity contribution is 5.21. The van der Waals surface area contributed by atoms with E-state index < -0.39 is 134 Å². The fourth-order valence-corrected chi connectivity index (χ4v) is 15.0. The lowest BCUT2D eigenvalue weighted by Gasteiger charge is -2.70. The number of hydrogen-bond donors (Lipinski definition) is 13. The van der Waals surface area contributed by atoms with Crippen LogP contribution in [0.15, 0.2) is 11.6 Å². The van der Waals surface area contributed by atoms with Crippen LogP contribution in [0.4, 0.5) is 0 Å². The first-order chi connectivity index (χ1) is 30.5. The molecule has 0 spiro atoms. The van der Waals surface area contributed by atoms with Gasteiger partial charge in [-0.3, -0.25) is 0 Å². The van der Waals surface area contributed by atoms with Crippen LogP contribution in [0, 0.1) is 45.3 Å². The number of aliphatic hydroxyl groups is 13.